The number of hydrogen-bond acceptors (Lipinski definition) is 9. The molecule has 0 aliphatic carbocycles. The van der Waals surface area contributed by atoms with Gasteiger partial charge < -0.3 is 14.8 Å². The molecule has 200 valence electrons. The molecule has 1 N–H and O–H groups in total. The summed E-state index contributed by atoms with van der Waals surface area (Å²) in [7, 11) is 1.41. The second-order valence-corrected chi connectivity index (χ2v) is 11.2. The number of nitrogens with zero attached hydrogens (tertiary/aromatic N) is 3. The minimum atomic E-state index is -0.758. The number of amidine groups is 1. The number of rotatable bonds is 7. The van der Waals surface area contributed by atoms with Gasteiger partial charge in [-0.2, -0.15) is 0 Å². The summed E-state index contributed by atoms with van der Waals surface area (Å²) in [5, 5.41) is 25.7. The van der Waals surface area contributed by atoms with Gasteiger partial charge in [0.2, 0.25) is 5.75 Å². The minimum absolute atomic E-state index is 0.182. The van der Waals surface area contributed by atoms with Crippen LogP contribution in [0.3, 0.4) is 0 Å². The Morgan fingerprint density at radius 2 is 1.74 bits per heavy atom. The number of carbonyl (C=O) groups excluding carboxylic acids is 1. The number of nitrogens with one attached hydrogen (secondary N) is 1. The third-order valence-electron chi connectivity index (χ3n) is 5.41. The fourth-order valence-electron chi connectivity index (χ4n) is 3.62. The number of non-ortho nitro benzene ring substituents is 1. The van der Waals surface area contributed by atoms with Crippen molar-refractivity contribution in [1.29, 1.82) is 0 Å². The topological polar surface area (TPSA) is 146 Å². The number of hydrogen-bond donors (Lipinski definition) is 1. The summed E-state index contributed by atoms with van der Waals surface area (Å²) >= 11 is 6.71. The number of aryl methyl sites for hydroxylation is 2. The molecule has 4 rings (SSSR count). The maximum absolute atomic E-state index is 12.6. The molecule has 3 aromatic carbocycles. The minimum Gasteiger partial charge on any atom is -0.493 e. The van der Waals surface area contributed by atoms with Crippen molar-refractivity contribution >= 4 is 84.5 Å². The summed E-state index contributed by atoms with van der Waals surface area (Å²) in [4.78, 5) is 38.7. The molecule has 0 bridgehead atoms. The van der Waals surface area contributed by atoms with Gasteiger partial charge in [0.1, 0.15) is 0 Å². The number of nitro groups is 2. The highest BCUT2D eigenvalue weighted by Crippen LogP contribution is 2.42. The molecule has 39 heavy (non-hydrogen) atoms. The molecule has 0 saturated carbocycles. The number of amides is 1. The first-order chi connectivity index (χ1) is 18.5. The van der Waals surface area contributed by atoms with E-state index in [2.05, 4.69) is 26.2 Å². The number of carbonyl (C=O) groups is 1. The Bertz CT molecular complexity index is 1590. The predicted octanol–water partition coefficient (Wildman–Crippen LogP) is 7.18. The van der Waals surface area contributed by atoms with Crippen molar-refractivity contribution in [3.8, 4) is 17.2 Å². The Hall–Kier alpha value is -3.50. The SMILES string of the molecule is COc1cc(/C=C2/SC(=Nc3cc(C)c(Br)c(C)c3)NC2=O)cc(I)c1Oc1ccc([N+](=O)[O-])cc1[N+](=O)[O-]. The number of benzene rings is 3. The molecule has 1 heterocycles. The van der Waals surface area contributed by atoms with Gasteiger partial charge in [0.05, 0.1) is 37.2 Å². The van der Waals surface area contributed by atoms with Crippen molar-refractivity contribution in [3.63, 3.8) is 0 Å². The summed E-state index contributed by atoms with van der Waals surface area (Å²) in [5.41, 5.74) is 2.41. The lowest BCUT2D eigenvalue weighted by Gasteiger charge is -2.13. The van der Waals surface area contributed by atoms with Gasteiger partial charge in [0, 0.05) is 10.5 Å². The van der Waals surface area contributed by atoms with Crippen LogP contribution >= 0.6 is 50.3 Å². The molecule has 0 spiro atoms. The highest BCUT2D eigenvalue weighted by Gasteiger charge is 2.26. The van der Waals surface area contributed by atoms with Crippen molar-refractivity contribution in [1.82, 2.24) is 5.32 Å². The van der Waals surface area contributed by atoms with Crippen LogP contribution in [-0.2, 0) is 4.79 Å². The van der Waals surface area contributed by atoms with E-state index in [0.29, 0.717) is 19.2 Å². The van der Waals surface area contributed by atoms with Crippen molar-refractivity contribution < 1.29 is 24.1 Å². The third kappa shape index (κ3) is 6.39. The molecule has 1 saturated heterocycles. The van der Waals surface area contributed by atoms with Crippen LogP contribution in [0, 0.1) is 37.6 Å². The smallest absolute Gasteiger partial charge is 0.318 e. The molecule has 1 fully saturated rings. The Labute approximate surface area is 248 Å². The zero-order valence-electron chi connectivity index (χ0n) is 20.5. The molecule has 0 atom stereocenters. The average molecular weight is 725 g/mol. The lowest BCUT2D eigenvalue weighted by atomic mass is 10.1. The lowest BCUT2D eigenvalue weighted by Crippen LogP contribution is -2.19. The number of aliphatic imine (C=N–C) groups is 1. The number of ether oxygens (including phenoxy) is 2. The summed E-state index contributed by atoms with van der Waals surface area (Å²) in [6.45, 7) is 3.93. The monoisotopic (exact) mass is 724 g/mol. The van der Waals surface area contributed by atoms with Crippen LogP contribution in [0.4, 0.5) is 17.1 Å². The first kappa shape index (κ1) is 28.5. The van der Waals surface area contributed by atoms with Crippen LogP contribution in [0.1, 0.15) is 16.7 Å². The van der Waals surface area contributed by atoms with Crippen LogP contribution in [0.2, 0.25) is 0 Å². The van der Waals surface area contributed by atoms with Crippen LogP contribution in [0.25, 0.3) is 6.08 Å². The Balaban J connectivity index is 1.63. The number of methoxy groups -OCH3 is 1. The van der Waals surface area contributed by atoms with Crippen molar-refractivity contribution in [3.05, 3.63) is 92.3 Å². The normalized spacial score (nSPS) is 14.9. The molecule has 0 aromatic heterocycles. The standard InChI is InChI=1S/C25H18BrIN4O7S/c1-12-6-15(7-13(2)22(12)26)28-25-29-24(32)21(39-25)10-14-8-17(27)23(20(9-14)37-3)38-19-5-4-16(30(33)34)11-18(19)31(35)36/h4-11H,1-3H3,(H,28,29,32)/b21-10+. The largest absolute Gasteiger partial charge is 0.493 e. The number of nitro benzene ring substituents is 2. The van der Waals surface area contributed by atoms with E-state index in [-0.39, 0.29) is 23.2 Å². The van der Waals surface area contributed by atoms with Gasteiger partial charge in [-0.25, -0.2) is 4.99 Å². The van der Waals surface area contributed by atoms with E-state index in [1.165, 1.54) is 18.9 Å². The quantitative estimate of drug-likeness (QED) is 0.117. The van der Waals surface area contributed by atoms with Crippen LogP contribution < -0.4 is 14.8 Å². The maximum atomic E-state index is 12.6. The maximum Gasteiger partial charge on any atom is 0.318 e. The van der Waals surface area contributed by atoms with E-state index in [9.17, 15) is 25.0 Å². The van der Waals surface area contributed by atoms with E-state index < -0.39 is 21.2 Å². The van der Waals surface area contributed by atoms with Gasteiger partial charge in [-0.3, -0.25) is 25.0 Å². The molecular weight excluding hydrogens is 707 g/mol. The molecule has 1 amide bonds. The third-order valence-corrected chi connectivity index (χ3v) is 8.38. The molecule has 0 radical (unpaired) electrons. The van der Waals surface area contributed by atoms with Gasteiger partial charge in [0.15, 0.2) is 16.7 Å². The molecule has 11 nitrogen and oxygen atoms in total. The number of thioether (sulfide) groups is 1. The lowest BCUT2D eigenvalue weighted by molar-refractivity contribution is -0.394. The molecule has 1 aliphatic heterocycles. The zero-order chi connectivity index (χ0) is 28.4. The first-order valence-corrected chi connectivity index (χ1v) is 13.7. The highest BCUT2D eigenvalue weighted by atomic mass is 127. The zero-order valence-corrected chi connectivity index (χ0v) is 25.0. The van der Waals surface area contributed by atoms with E-state index in [0.717, 1.165) is 39.5 Å². The van der Waals surface area contributed by atoms with Gasteiger partial charge in [0.25, 0.3) is 11.6 Å². The molecule has 0 unspecified atom stereocenters. The Morgan fingerprint density at radius 3 is 2.36 bits per heavy atom. The number of halogens is 2. The average Bonchev–Trinajstić information content (AvgIpc) is 3.21. The summed E-state index contributed by atoms with van der Waals surface area (Å²) in [5.74, 6) is -0.0542. The fourth-order valence-corrected chi connectivity index (χ4v) is 5.42. The van der Waals surface area contributed by atoms with Crippen molar-refractivity contribution in [2.75, 3.05) is 7.11 Å². The van der Waals surface area contributed by atoms with Crippen LogP contribution in [0.15, 0.2) is 56.8 Å². The Morgan fingerprint density at radius 1 is 1.05 bits per heavy atom. The van der Waals surface area contributed by atoms with E-state index in [4.69, 9.17) is 9.47 Å². The second-order valence-electron chi connectivity index (χ2n) is 8.18. The summed E-state index contributed by atoms with van der Waals surface area (Å²) in [6, 6.07) is 10.3. The van der Waals surface area contributed by atoms with E-state index >= 15 is 0 Å². The van der Waals surface area contributed by atoms with Gasteiger partial charge in [-0.05, 0) is 101 Å². The van der Waals surface area contributed by atoms with Gasteiger partial charge in [-0.1, -0.05) is 15.9 Å². The highest BCUT2D eigenvalue weighted by molar-refractivity contribution is 14.1. The van der Waals surface area contributed by atoms with Crippen molar-refractivity contribution in [2.24, 2.45) is 4.99 Å². The van der Waals surface area contributed by atoms with Gasteiger partial charge >= 0.3 is 5.69 Å². The molecule has 3 aromatic rings. The predicted molar refractivity (Wildman–Crippen MR) is 160 cm³/mol. The summed E-state index contributed by atoms with van der Waals surface area (Å²) in [6.07, 6.45) is 1.67. The molecule has 14 heteroatoms. The van der Waals surface area contributed by atoms with E-state index in [1.807, 2.05) is 48.6 Å². The van der Waals surface area contributed by atoms with Crippen LogP contribution in [-0.4, -0.2) is 28.0 Å². The summed E-state index contributed by atoms with van der Waals surface area (Å²) < 4.78 is 12.8. The van der Waals surface area contributed by atoms with Crippen LogP contribution in [0.5, 0.6) is 17.2 Å². The molecular formula is C25H18BrIN4O7S. The molecule has 1 aliphatic rings. The van der Waals surface area contributed by atoms with Gasteiger partial charge in [-0.15, -0.1) is 0 Å². The van der Waals surface area contributed by atoms with E-state index in [1.54, 1.807) is 18.2 Å². The first-order valence-electron chi connectivity index (χ1n) is 11.0. The fraction of sp³-hybridized carbons (Fsp3) is 0.120. The van der Waals surface area contributed by atoms with Crippen molar-refractivity contribution in [2.45, 2.75) is 13.8 Å². The second kappa shape index (κ2) is 11.7. The Kier molecular flexibility index (Phi) is 8.56.